The van der Waals surface area contributed by atoms with Gasteiger partial charge in [0.15, 0.2) is 0 Å². The standard InChI is InChI=1S/C18H20ClNO2/c1-14(12-20(2)13-15-8-4-3-5-9-15)22-18(21)16-10-6-7-11-17(16)19/h3-11,14H,12-13H2,1-2H3/t14-/m1/s1. The number of hydrogen-bond acceptors (Lipinski definition) is 3. The Hall–Kier alpha value is -1.84. The molecule has 22 heavy (non-hydrogen) atoms. The summed E-state index contributed by atoms with van der Waals surface area (Å²) < 4.78 is 5.46. The molecule has 0 unspecified atom stereocenters. The van der Waals surface area contributed by atoms with Crippen molar-refractivity contribution in [1.82, 2.24) is 4.90 Å². The number of ether oxygens (including phenoxy) is 1. The van der Waals surface area contributed by atoms with Crippen LogP contribution in [0.4, 0.5) is 0 Å². The molecule has 0 bridgehead atoms. The highest BCUT2D eigenvalue weighted by Crippen LogP contribution is 2.16. The summed E-state index contributed by atoms with van der Waals surface area (Å²) in [5.74, 6) is -0.383. The van der Waals surface area contributed by atoms with E-state index in [0.29, 0.717) is 17.1 Å². The lowest BCUT2D eigenvalue weighted by Crippen LogP contribution is -2.30. The third-order valence-electron chi connectivity index (χ3n) is 3.27. The minimum absolute atomic E-state index is 0.211. The van der Waals surface area contributed by atoms with Crippen LogP contribution in [-0.4, -0.2) is 30.6 Å². The zero-order valence-corrected chi connectivity index (χ0v) is 13.6. The first-order valence-electron chi connectivity index (χ1n) is 7.24. The second-order valence-electron chi connectivity index (χ2n) is 5.38. The van der Waals surface area contributed by atoms with Crippen molar-refractivity contribution in [2.45, 2.75) is 19.6 Å². The van der Waals surface area contributed by atoms with Crippen LogP contribution in [0, 0.1) is 0 Å². The van der Waals surface area contributed by atoms with Crippen LogP contribution >= 0.6 is 11.6 Å². The van der Waals surface area contributed by atoms with Gasteiger partial charge in [0.25, 0.3) is 0 Å². The average Bonchev–Trinajstić information content (AvgIpc) is 2.48. The molecule has 0 fully saturated rings. The van der Waals surface area contributed by atoms with Gasteiger partial charge in [0, 0.05) is 13.1 Å². The monoisotopic (exact) mass is 317 g/mol. The van der Waals surface area contributed by atoms with Crippen molar-refractivity contribution in [2.75, 3.05) is 13.6 Å². The fourth-order valence-corrected chi connectivity index (χ4v) is 2.52. The maximum absolute atomic E-state index is 12.1. The molecule has 116 valence electrons. The van der Waals surface area contributed by atoms with E-state index >= 15 is 0 Å². The number of benzene rings is 2. The Balaban J connectivity index is 1.86. The van der Waals surface area contributed by atoms with Crippen LogP contribution in [0.25, 0.3) is 0 Å². The van der Waals surface area contributed by atoms with E-state index in [4.69, 9.17) is 16.3 Å². The van der Waals surface area contributed by atoms with Crippen LogP contribution in [0.3, 0.4) is 0 Å². The predicted octanol–water partition coefficient (Wildman–Crippen LogP) is 4.02. The maximum Gasteiger partial charge on any atom is 0.339 e. The fourth-order valence-electron chi connectivity index (χ4n) is 2.31. The molecule has 2 aromatic rings. The Morgan fingerprint density at radius 3 is 2.45 bits per heavy atom. The van der Waals surface area contributed by atoms with Gasteiger partial charge < -0.3 is 4.74 Å². The first-order chi connectivity index (χ1) is 10.6. The smallest absolute Gasteiger partial charge is 0.339 e. The first-order valence-corrected chi connectivity index (χ1v) is 7.62. The van der Waals surface area contributed by atoms with E-state index in [0.717, 1.165) is 6.54 Å². The average molecular weight is 318 g/mol. The number of nitrogens with zero attached hydrogens (tertiary/aromatic N) is 1. The highest BCUT2D eigenvalue weighted by atomic mass is 35.5. The molecule has 3 nitrogen and oxygen atoms in total. The summed E-state index contributed by atoms with van der Waals surface area (Å²) in [5, 5.41) is 0.414. The Kier molecular flexibility index (Phi) is 5.99. The molecule has 0 saturated heterocycles. The summed E-state index contributed by atoms with van der Waals surface area (Å²) in [6.07, 6.45) is -0.211. The highest BCUT2D eigenvalue weighted by molar-refractivity contribution is 6.33. The number of likely N-dealkylation sites (N-methyl/N-ethyl adjacent to an activating group) is 1. The number of carbonyl (C=O) groups is 1. The van der Waals surface area contributed by atoms with Gasteiger partial charge in [-0.1, -0.05) is 54.1 Å². The minimum Gasteiger partial charge on any atom is -0.458 e. The molecule has 0 N–H and O–H groups in total. The van der Waals surface area contributed by atoms with Gasteiger partial charge in [0.2, 0.25) is 0 Å². The molecule has 0 aliphatic carbocycles. The van der Waals surface area contributed by atoms with Crippen molar-refractivity contribution >= 4 is 17.6 Å². The second kappa shape index (κ2) is 7.97. The third-order valence-corrected chi connectivity index (χ3v) is 3.60. The van der Waals surface area contributed by atoms with Gasteiger partial charge >= 0.3 is 5.97 Å². The van der Waals surface area contributed by atoms with Gasteiger partial charge in [-0.3, -0.25) is 4.90 Å². The quantitative estimate of drug-likeness (QED) is 0.754. The summed E-state index contributed by atoms with van der Waals surface area (Å²) in [4.78, 5) is 14.2. The molecule has 0 aliphatic heterocycles. The van der Waals surface area contributed by atoms with Crippen LogP contribution in [0.1, 0.15) is 22.8 Å². The van der Waals surface area contributed by atoms with Crippen molar-refractivity contribution in [3.8, 4) is 0 Å². The number of hydrogen-bond donors (Lipinski definition) is 0. The largest absolute Gasteiger partial charge is 0.458 e. The van der Waals surface area contributed by atoms with Crippen molar-refractivity contribution < 1.29 is 9.53 Å². The molecular formula is C18H20ClNO2. The lowest BCUT2D eigenvalue weighted by Gasteiger charge is -2.21. The first kappa shape index (κ1) is 16.5. The van der Waals surface area contributed by atoms with Gasteiger partial charge in [-0.05, 0) is 31.7 Å². The van der Waals surface area contributed by atoms with Crippen LogP contribution < -0.4 is 0 Å². The number of carbonyl (C=O) groups excluding carboxylic acids is 1. The predicted molar refractivity (Wildman–Crippen MR) is 89.1 cm³/mol. The Labute approximate surface area is 136 Å². The fraction of sp³-hybridized carbons (Fsp3) is 0.278. The molecule has 0 saturated carbocycles. The summed E-state index contributed by atoms with van der Waals surface area (Å²) in [6, 6.07) is 17.1. The van der Waals surface area contributed by atoms with Crippen molar-refractivity contribution in [1.29, 1.82) is 0 Å². The van der Waals surface area contributed by atoms with Gasteiger partial charge in [-0.2, -0.15) is 0 Å². The molecule has 4 heteroatoms. The van der Waals surface area contributed by atoms with Crippen LogP contribution in [-0.2, 0) is 11.3 Å². The molecule has 0 spiro atoms. The third kappa shape index (κ3) is 4.86. The molecule has 0 radical (unpaired) electrons. The van der Waals surface area contributed by atoms with Crippen molar-refractivity contribution in [3.63, 3.8) is 0 Å². The van der Waals surface area contributed by atoms with E-state index in [1.807, 2.05) is 32.2 Å². The molecule has 2 rings (SSSR count). The summed E-state index contributed by atoms with van der Waals surface area (Å²) in [5.41, 5.74) is 1.64. The zero-order valence-electron chi connectivity index (χ0n) is 12.8. The number of rotatable bonds is 6. The highest BCUT2D eigenvalue weighted by Gasteiger charge is 2.16. The Bertz CT molecular complexity index is 615. The van der Waals surface area contributed by atoms with Crippen molar-refractivity contribution in [3.05, 3.63) is 70.7 Å². The van der Waals surface area contributed by atoms with E-state index in [1.165, 1.54) is 5.56 Å². The maximum atomic E-state index is 12.1. The molecular weight excluding hydrogens is 298 g/mol. The zero-order chi connectivity index (χ0) is 15.9. The molecule has 0 heterocycles. The second-order valence-corrected chi connectivity index (χ2v) is 5.79. The van der Waals surface area contributed by atoms with Crippen LogP contribution in [0.2, 0.25) is 5.02 Å². The van der Waals surface area contributed by atoms with Gasteiger partial charge in [0.1, 0.15) is 6.10 Å². The lowest BCUT2D eigenvalue weighted by atomic mass is 10.2. The molecule has 1 atom stereocenters. The van der Waals surface area contributed by atoms with Gasteiger partial charge in [-0.25, -0.2) is 4.79 Å². The molecule has 0 amide bonds. The normalized spacial score (nSPS) is 12.2. The van der Waals surface area contributed by atoms with E-state index in [-0.39, 0.29) is 12.1 Å². The topological polar surface area (TPSA) is 29.5 Å². The van der Waals surface area contributed by atoms with E-state index < -0.39 is 0 Å². The molecule has 0 aromatic heterocycles. The van der Waals surface area contributed by atoms with Gasteiger partial charge in [0.05, 0.1) is 10.6 Å². The summed E-state index contributed by atoms with van der Waals surface area (Å²) in [6.45, 7) is 3.36. The van der Waals surface area contributed by atoms with E-state index in [2.05, 4.69) is 17.0 Å². The summed E-state index contributed by atoms with van der Waals surface area (Å²) >= 11 is 6.00. The number of halogens is 1. The lowest BCUT2D eigenvalue weighted by molar-refractivity contribution is 0.0268. The van der Waals surface area contributed by atoms with Crippen LogP contribution in [0.15, 0.2) is 54.6 Å². The van der Waals surface area contributed by atoms with E-state index in [9.17, 15) is 4.79 Å². The Morgan fingerprint density at radius 1 is 1.14 bits per heavy atom. The van der Waals surface area contributed by atoms with Crippen molar-refractivity contribution in [2.24, 2.45) is 0 Å². The molecule has 0 aliphatic rings. The number of esters is 1. The SMILES string of the molecule is C[C@H](CN(C)Cc1ccccc1)OC(=O)c1ccccc1Cl. The summed E-state index contributed by atoms with van der Waals surface area (Å²) in [7, 11) is 2.01. The molecule has 2 aromatic carbocycles. The van der Waals surface area contributed by atoms with Crippen LogP contribution in [0.5, 0.6) is 0 Å². The van der Waals surface area contributed by atoms with E-state index in [1.54, 1.807) is 24.3 Å². The van der Waals surface area contributed by atoms with Gasteiger partial charge in [-0.15, -0.1) is 0 Å². The minimum atomic E-state index is -0.383. The Morgan fingerprint density at radius 2 is 1.77 bits per heavy atom.